The van der Waals surface area contributed by atoms with Crippen LogP contribution in [0.5, 0.6) is 17.2 Å². The highest BCUT2D eigenvalue weighted by molar-refractivity contribution is 5.85. The molecule has 5 heteroatoms. The maximum absolute atomic E-state index is 10.2. The van der Waals surface area contributed by atoms with E-state index in [0.29, 0.717) is 23.5 Å². The average molecular weight is 394 g/mol. The quantitative estimate of drug-likeness (QED) is 0.404. The minimum absolute atomic E-state index is 0.112. The third kappa shape index (κ3) is 4.25. The van der Waals surface area contributed by atoms with Gasteiger partial charge in [0.1, 0.15) is 28.6 Å². The molecule has 0 bridgehead atoms. The number of fused-ring (bicyclic) bond motifs is 1. The summed E-state index contributed by atoms with van der Waals surface area (Å²) < 4.78 is 17.4. The fourth-order valence-electron chi connectivity index (χ4n) is 3.75. The molecule has 5 nitrogen and oxygen atoms in total. The monoisotopic (exact) mass is 394 g/mol. The summed E-state index contributed by atoms with van der Waals surface area (Å²) in [5.74, 6) is 1.50. The SMILES string of the molecule is COc1cc(O)cc(-c2cc3ccc(O)cc3o2)c1CC1OC1CCC=C(C)C. The van der Waals surface area contributed by atoms with Gasteiger partial charge in [0.15, 0.2) is 0 Å². The van der Waals surface area contributed by atoms with Gasteiger partial charge in [0, 0.05) is 35.1 Å². The van der Waals surface area contributed by atoms with E-state index in [1.165, 1.54) is 5.57 Å². The first kappa shape index (κ1) is 19.4. The number of rotatable bonds is 7. The molecule has 0 saturated carbocycles. The van der Waals surface area contributed by atoms with Crippen LogP contribution in [-0.4, -0.2) is 29.5 Å². The second-order valence-electron chi connectivity index (χ2n) is 7.78. The van der Waals surface area contributed by atoms with Crippen molar-refractivity contribution >= 4 is 11.0 Å². The van der Waals surface area contributed by atoms with Crippen LogP contribution in [0.2, 0.25) is 0 Å². The number of methoxy groups -OCH3 is 1. The number of epoxide rings is 1. The Bertz CT molecular complexity index is 1060. The molecule has 1 fully saturated rings. The molecular weight excluding hydrogens is 368 g/mol. The van der Waals surface area contributed by atoms with Crippen molar-refractivity contribution in [2.24, 2.45) is 0 Å². The van der Waals surface area contributed by atoms with Gasteiger partial charge in [0.05, 0.1) is 19.3 Å². The molecule has 0 amide bonds. The molecule has 1 aliphatic rings. The lowest BCUT2D eigenvalue weighted by atomic mass is 9.97. The van der Waals surface area contributed by atoms with E-state index in [2.05, 4.69) is 19.9 Å². The van der Waals surface area contributed by atoms with E-state index in [4.69, 9.17) is 13.9 Å². The summed E-state index contributed by atoms with van der Waals surface area (Å²) in [5, 5.41) is 20.8. The Hall–Kier alpha value is -2.92. The molecule has 29 heavy (non-hydrogen) atoms. The summed E-state index contributed by atoms with van der Waals surface area (Å²) in [6.07, 6.45) is 5.29. The molecule has 0 spiro atoms. The number of hydrogen-bond donors (Lipinski definition) is 2. The second kappa shape index (κ2) is 7.84. The van der Waals surface area contributed by atoms with Gasteiger partial charge >= 0.3 is 0 Å². The first-order chi connectivity index (χ1) is 13.9. The Kier molecular flexibility index (Phi) is 5.24. The van der Waals surface area contributed by atoms with Crippen molar-refractivity contribution < 1.29 is 24.1 Å². The minimum Gasteiger partial charge on any atom is -0.508 e. The Morgan fingerprint density at radius 3 is 2.66 bits per heavy atom. The van der Waals surface area contributed by atoms with E-state index in [1.807, 2.05) is 6.07 Å². The van der Waals surface area contributed by atoms with Crippen molar-refractivity contribution in [2.45, 2.75) is 45.3 Å². The number of furan rings is 1. The molecule has 0 aliphatic carbocycles. The third-order valence-electron chi connectivity index (χ3n) is 5.28. The van der Waals surface area contributed by atoms with Gasteiger partial charge in [0.25, 0.3) is 0 Å². The van der Waals surface area contributed by atoms with Crippen molar-refractivity contribution in [2.75, 3.05) is 7.11 Å². The smallest absolute Gasteiger partial charge is 0.138 e. The summed E-state index contributed by atoms with van der Waals surface area (Å²) in [5.41, 5.74) is 3.63. The maximum atomic E-state index is 10.2. The lowest BCUT2D eigenvalue weighted by Crippen LogP contribution is -2.03. The Labute approximate surface area is 170 Å². The normalized spacial score (nSPS) is 18.0. The molecule has 2 atom stereocenters. The zero-order valence-electron chi connectivity index (χ0n) is 16.9. The van der Waals surface area contributed by atoms with Crippen molar-refractivity contribution in [1.29, 1.82) is 0 Å². The number of phenols is 2. The van der Waals surface area contributed by atoms with Crippen LogP contribution in [0.3, 0.4) is 0 Å². The lowest BCUT2D eigenvalue weighted by molar-refractivity contribution is 0.358. The van der Waals surface area contributed by atoms with Crippen LogP contribution in [0.1, 0.15) is 32.3 Å². The predicted octanol–water partition coefficient (Wildman–Crippen LogP) is 5.58. The molecule has 2 unspecified atom stereocenters. The van der Waals surface area contributed by atoms with E-state index >= 15 is 0 Å². The van der Waals surface area contributed by atoms with Crippen LogP contribution in [0.25, 0.3) is 22.3 Å². The van der Waals surface area contributed by atoms with Crippen LogP contribution in [-0.2, 0) is 11.2 Å². The largest absolute Gasteiger partial charge is 0.508 e. The average Bonchev–Trinajstić information content (AvgIpc) is 3.27. The highest BCUT2D eigenvalue weighted by atomic mass is 16.6. The van der Waals surface area contributed by atoms with E-state index in [-0.39, 0.29) is 23.7 Å². The van der Waals surface area contributed by atoms with E-state index in [1.54, 1.807) is 37.4 Å². The highest BCUT2D eigenvalue weighted by Crippen LogP contribution is 2.41. The maximum Gasteiger partial charge on any atom is 0.138 e. The number of ether oxygens (including phenoxy) is 2. The van der Waals surface area contributed by atoms with Crippen LogP contribution in [0.4, 0.5) is 0 Å². The third-order valence-corrected chi connectivity index (χ3v) is 5.28. The van der Waals surface area contributed by atoms with Crippen LogP contribution < -0.4 is 4.74 Å². The fourth-order valence-corrected chi connectivity index (χ4v) is 3.75. The van der Waals surface area contributed by atoms with Gasteiger partial charge in [0.2, 0.25) is 0 Å². The van der Waals surface area contributed by atoms with Crippen LogP contribution in [0, 0.1) is 0 Å². The number of benzene rings is 2. The molecule has 2 aromatic carbocycles. The predicted molar refractivity (Wildman–Crippen MR) is 113 cm³/mol. The van der Waals surface area contributed by atoms with Gasteiger partial charge in [-0.3, -0.25) is 0 Å². The van der Waals surface area contributed by atoms with Crippen LogP contribution in [0.15, 0.2) is 52.5 Å². The molecule has 2 heterocycles. The molecule has 1 saturated heterocycles. The lowest BCUT2D eigenvalue weighted by Gasteiger charge is -2.13. The van der Waals surface area contributed by atoms with Crippen molar-refractivity contribution in [3.05, 3.63) is 53.6 Å². The van der Waals surface area contributed by atoms with Crippen molar-refractivity contribution in [3.8, 4) is 28.6 Å². The van der Waals surface area contributed by atoms with Gasteiger partial charge in [-0.05, 0) is 51.0 Å². The molecule has 3 aromatic rings. The Morgan fingerprint density at radius 2 is 1.90 bits per heavy atom. The van der Waals surface area contributed by atoms with Gasteiger partial charge < -0.3 is 24.1 Å². The topological polar surface area (TPSA) is 75.4 Å². The van der Waals surface area contributed by atoms with Crippen molar-refractivity contribution in [1.82, 2.24) is 0 Å². The first-order valence-corrected chi connectivity index (χ1v) is 9.86. The summed E-state index contributed by atoms with van der Waals surface area (Å²) in [7, 11) is 1.60. The molecule has 2 N–H and O–H groups in total. The highest BCUT2D eigenvalue weighted by Gasteiger charge is 2.39. The number of aromatic hydroxyl groups is 2. The molecule has 1 aliphatic heterocycles. The van der Waals surface area contributed by atoms with E-state index in [9.17, 15) is 10.2 Å². The first-order valence-electron chi connectivity index (χ1n) is 9.86. The summed E-state index contributed by atoms with van der Waals surface area (Å²) in [4.78, 5) is 0. The van der Waals surface area contributed by atoms with E-state index in [0.717, 1.165) is 29.4 Å². The molecular formula is C24H26O5. The summed E-state index contributed by atoms with van der Waals surface area (Å²) in [6.45, 7) is 4.21. The van der Waals surface area contributed by atoms with Gasteiger partial charge in [-0.15, -0.1) is 0 Å². The molecule has 152 valence electrons. The summed E-state index contributed by atoms with van der Waals surface area (Å²) >= 11 is 0. The second-order valence-corrected chi connectivity index (χ2v) is 7.78. The zero-order valence-corrected chi connectivity index (χ0v) is 16.9. The van der Waals surface area contributed by atoms with Crippen LogP contribution >= 0.6 is 0 Å². The van der Waals surface area contributed by atoms with Gasteiger partial charge in [-0.2, -0.15) is 0 Å². The Balaban J connectivity index is 1.64. The van der Waals surface area contributed by atoms with Gasteiger partial charge in [-0.25, -0.2) is 0 Å². The number of hydrogen-bond acceptors (Lipinski definition) is 5. The standard InChI is InChI=1S/C24H26O5/c1-14(2)5-4-6-20-24(28-20)13-19-18(10-17(26)12-22(19)27-3)23-9-15-7-8-16(25)11-21(15)29-23/h5,7-12,20,24-26H,4,6,13H2,1-3H3. The molecule has 0 radical (unpaired) electrons. The zero-order chi connectivity index (χ0) is 20.5. The summed E-state index contributed by atoms with van der Waals surface area (Å²) in [6, 6.07) is 10.2. The number of phenolic OH excluding ortho intramolecular Hbond substituents is 2. The fraction of sp³-hybridized carbons (Fsp3) is 0.333. The van der Waals surface area contributed by atoms with Crippen molar-refractivity contribution in [3.63, 3.8) is 0 Å². The minimum atomic E-state index is 0.112. The Morgan fingerprint density at radius 1 is 1.07 bits per heavy atom. The number of allylic oxidation sites excluding steroid dienone is 2. The molecule has 1 aromatic heterocycles. The van der Waals surface area contributed by atoms with Gasteiger partial charge in [-0.1, -0.05) is 11.6 Å². The van der Waals surface area contributed by atoms with E-state index < -0.39 is 0 Å². The molecule has 4 rings (SSSR count).